The minimum Gasteiger partial charge on any atom is -0.311 e. The van der Waals surface area contributed by atoms with E-state index in [2.05, 4.69) is 0 Å². The van der Waals surface area contributed by atoms with E-state index in [1.807, 2.05) is 0 Å². The highest BCUT2D eigenvalue weighted by atomic mass is 32.2. The standard InChI is InChI=1S/C21H22F2N2O3S2/c22-16-5-8-20(18(23)13-16)29-14-21(26)25-11-3-4-15-12-17(6-7-19(15)25)30(27,28)24-9-1-2-10-24/h5-8,12-13H,1-4,9-11,14H2. The number of carbonyl (C=O) groups is 1. The zero-order chi connectivity index (χ0) is 21.3. The van der Waals surface area contributed by atoms with Crippen molar-refractivity contribution in [1.82, 2.24) is 4.31 Å². The highest BCUT2D eigenvalue weighted by Gasteiger charge is 2.29. The van der Waals surface area contributed by atoms with Gasteiger partial charge in [-0.1, -0.05) is 0 Å². The van der Waals surface area contributed by atoms with Crippen molar-refractivity contribution in [3.8, 4) is 0 Å². The van der Waals surface area contributed by atoms with Crippen molar-refractivity contribution in [1.29, 1.82) is 0 Å². The van der Waals surface area contributed by atoms with E-state index in [9.17, 15) is 22.0 Å². The third-order valence-corrected chi connectivity index (χ3v) is 8.35. The van der Waals surface area contributed by atoms with Gasteiger partial charge in [0.25, 0.3) is 0 Å². The summed E-state index contributed by atoms with van der Waals surface area (Å²) < 4.78 is 54.0. The average molecular weight is 453 g/mol. The van der Waals surface area contributed by atoms with E-state index in [0.717, 1.165) is 48.7 Å². The molecule has 9 heteroatoms. The molecule has 0 spiro atoms. The van der Waals surface area contributed by atoms with Crippen LogP contribution < -0.4 is 4.90 Å². The van der Waals surface area contributed by atoms with Gasteiger partial charge < -0.3 is 4.90 Å². The van der Waals surface area contributed by atoms with Crippen molar-refractivity contribution in [2.75, 3.05) is 30.3 Å². The molecule has 0 unspecified atom stereocenters. The lowest BCUT2D eigenvalue weighted by atomic mass is 10.0. The smallest absolute Gasteiger partial charge is 0.243 e. The minimum absolute atomic E-state index is 0.00974. The van der Waals surface area contributed by atoms with Crippen molar-refractivity contribution < 1.29 is 22.0 Å². The highest BCUT2D eigenvalue weighted by Crippen LogP contribution is 2.32. The van der Waals surface area contributed by atoms with Gasteiger partial charge in [-0.2, -0.15) is 4.31 Å². The van der Waals surface area contributed by atoms with Gasteiger partial charge in [0.1, 0.15) is 11.6 Å². The Morgan fingerprint density at radius 1 is 1.00 bits per heavy atom. The van der Waals surface area contributed by atoms with Gasteiger partial charge >= 0.3 is 0 Å². The van der Waals surface area contributed by atoms with Crippen LogP contribution in [0, 0.1) is 11.6 Å². The Morgan fingerprint density at radius 3 is 2.50 bits per heavy atom. The third kappa shape index (κ3) is 4.24. The normalized spacial score (nSPS) is 17.2. The number of benzene rings is 2. The molecule has 30 heavy (non-hydrogen) atoms. The fraction of sp³-hybridized carbons (Fsp3) is 0.381. The van der Waals surface area contributed by atoms with Gasteiger partial charge in [-0.25, -0.2) is 17.2 Å². The molecule has 2 aromatic rings. The van der Waals surface area contributed by atoms with Crippen LogP contribution in [-0.4, -0.2) is 44.0 Å². The zero-order valence-corrected chi connectivity index (χ0v) is 17.9. The van der Waals surface area contributed by atoms with Crippen molar-refractivity contribution >= 4 is 33.4 Å². The van der Waals surface area contributed by atoms with Crippen molar-refractivity contribution in [2.45, 2.75) is 35.5 Å². The molecule has 0 aliphatic carbocycles. The van der Waals surface area contributed by atoms with Crippen LogP contribution in [0.1, 0.15) is 24.8 Å². The molecule has 1 saturated heterocycles. The summed E-state index contributed by atoms with van der Waals surface area (Å²) in [5.74, 6) is -1.54. The van der Waals surface area contributed by atoms with Crippen molar-refractivity contribution in [3.05, 3.63) is 53.6 Å². The van der Waals surface area contributed by atoms with Gasteiger partial charge in [0.15, 0.2) is 0 Å². The Kier molecular flexibility index (Phi) is 6.13. The van der Waals surface area contributed by atoms with Crippen molar-refractivity contribution in [3.63, 3.8) is 0 Å². The van der Waals surface area contributed by atoms with Crippen molar-refractivity contribution in [2.24, 2.45) is 0 Å². The number of amides is 1. The topological polar surface area (TPSA) is 57.7 Å². The second-order valence-corrected chi connectivity index (χ2v) is 10.4. The Hall–Kier alpha value is -1.97. The summed E-state index contributed by atoms with van der Waals surface area (Å²) >= 11 is 1.02. The van der Waals surface area contributed by atoms with Crippen LogP contribution in [0.5, 0.6) is 0 Å². The SMILES string of the molecule is O=C(CSc1ccc(F)cc1F)N1CCCc2cc(S(=O)(=O)N3CCCC3)ccc21. The summed E-state index contributed by atoms with van der Waals surface area (Å²) in [5, 5.41) is 0. The van der Waals surface area contributed by atoms with Gasteiger partial charge in [-0.05, 0) is 61.6 Å². The fourth-order valence-electron chi connectivity index (χ4n) is 3.88. The van der Waals surface area contributed by atoms with Crippen LogP contribution in [0.2, 0.25) is 0 Å². The number of fused-ring (bicyclic) bond motifs is 1. The molecule has 0 aromatic heterocycles. The van der Waals surface area contributed by atoms with E-state index in [1.165, 1.54) is 10.4 Å². The Balaban J connectivity index is 1.51. The van der Waals surface area contributed by atoms with Gasteiger partial charge in [0, 0.05) is 36.3 Å². The van der Waals surface area contributed by atoms with Crippen LogP contribution in [0.25, 0.3) is 0 Å². The number of sulfonamides is 1. The summed E-state index contributed by atoms with van der Waals surface area (Å²) in [5.41, 5.74) is 1.53. The lowest BCUT2D eigenvalue weighted by molar-refractivity contribution is -0.116. The predicted octanol–water partition coefficient (Wildman–Crippen LogP) is 3.82. The number of nitrogens with zero attached hydrogens (tertiary/aromatic N) is 2. The van der Waals surface area contributed by atoms with Crippen LogP contribution in [0.3, 0.4) is 0 Å². The first kappa shape index (κ1) is 21.3. The van der Waals surface area contributed by atoms with E-state index in [4.69, 9.17) is 0 Å². The molecular formula is C21H22F2N2O3S2. The summed E-state index contributed by atoms with van der Waals surface area (Å²) in [6.45, 7) is 1.61. The number of hydrogen-bond donors (Lipinski definition) is 0. The Morgan fingerprint density at radius 2 is 1.77 bits per heavy atom. The highest BCUT2D eigenvalue weighted by molar-refractivity contribution is 8.00. The maximum absolute atomic E-state index is 13.8. The maximum Gasteiger partial charge on any atom is 0.243 e. The number of halogens is 2. The lowest BCUT2D eigenvalue weighted by Gasteiger charge is -2.30. The Bertz CT molecular complexity index is 1070. The zero-order valence-electron chi connectivity index (χ0n) is 16.3. The predicted molar refractivity (Wildman–Crippen MR) is 112 cm³/mol. The van der Waals surface area contributed by atoms with E-state index >= 15 is 0 Å². The number of hydrogen-bond acceptors (Lipinski definition) is 4. The first-order valence-electron chi connectivity index (χ1n) is 9.87. The maximum atomic E-state index is 13.8. The van der Waals surface area contributed by atoms with Gasteiger partial charge in [0.05, 0.1) is 10.6 Å². The number of rotatable bonds is 5. The van der Waals surface area contributed by atoms with Crippen LogP contribution in [-0.2, 0) is 21.2 Å². The van der Waals surface area contributed by atoms with Gasteiger partial charge in [-0.15, -0.1) is 11.8 Å². The van der Waals surface area contributed by atoms with E-state index in [-0.39, 0.29) is 21.5 Å². The molecule has 0 bridgehead atoms. The molecule has 2 aliphatic rings. The number of aryl methyl sites for hydroxylation is 1. The molecule has 5 nitrogen and oxygen atoms in total. The number of anilines is 1. The molecule has 2 aliphatic heterocycles. The summed E-state index contributed by atoms with van der Waals surface area (Å²) in [4.78, 5) is 14.9. The second kappa shape index (κ2) is 8.64. The fourth-order valence-corrected chi connectivity index (χ4v) is 6.24. The monoisotopic (exact) mass is 452 g/mol. The number of carbonyl (C=O) groups excluding carboxylic acids is 1. The molecule has 0 atom stereocenters. The minimum atomic E-state index is -3.51. The largest absolute Gasteiger partial charge is 0.311 e. The average Bonchev–Trinajstić information content (AvgIpc) is 3.28. The molecule has 1 amide bonds. The van der Waals surface area contributed by atoms with Crippen LogP contribution in [0.4, 0.5) is 14.5 Å². The molecule has 160 valence electrons. The van der Waals surface area contributed by atoms with Gasteiger partial charge in [-0.3, -0.25) is 4.79 Å². The van der Waals surface area contributed by atoms with Gasteiger partial charge in [0.2, 0.25) is 15.9 Å². The van der Waals surface area contributed by atoms with E-state index in [1.54, 1.807) is 23.1 Å². The Labute approximate surface area is 179 Å². The first-order chi connectivity index (χ1) is 14.4. The molecule has 0 saturated carbocycles. The summed E-state index contributed by atoms with van der Waals surface area (Å²) in [7, 11) is -3.51. The molecule has 1 fully saturated rings. The molecule has 0 N–H and O–H groups in total. The third-order valence-electron chi connectivity index (χ3n) is 5.42. The summed E-state index contributed by atoms with van der Waals surface area (Å²) in [6, 6.07) is 8.21. The van der Waals surface area contributed by atoms with Crippen LogP contribution in [0.15, 0.2) is 46.2 Å². The molecule has 2 heterocycles. The molecule has 4 rings (SSSR count). The lowest BCUT2D eigenvalue weighted by Crippen LogP contribution is -2.37. The molecule has 2 aromatic carbocycles. The number of thioether (sulfide) groups is 1. The summed E-state index contributed by atoms with van der Waals surface area (Å²) in [6.07, 6.45) is 3.17. The quantitative estimate of drug-likeness (QED) is 0.648. The van der Waals surface area contributed by atoms with Crippen LogP contribution >= 0.6 is 11.8 Å². The molecular weight excluding hydrogens is 430 g/mol. The first-order valence-corrected chi connectivity index (χ1v) is 12.3. The molecule has 0 radical (unpaired) electrons. The van der Waals surface area contributed by atoms with E-state index < -0.39 is 21.7 Å². The van der Waals surface area contributed by atoms with E-state index in [0.29, 0.717) is 31.7 Å². The second-order valence-electron chi connectivity index (χ2n) is 7.41.